The first kappa shape index (κ1) is 11.9. The van der Waals surface area contributed by atoms with E-state index in [9.17, 15) is 4.79 Å². The first-order valence-electron chi connectivity index (χ1n) is 6.39. The fourth-order valence-electron chi connectivity index (χ4n) is 2.92. The molecule has 2 saturated heterocycles. The van der Waals surface area contributed by atoms with E-state index in [2.05, 4.69) is 11.8 Å². The Kier molecular flexibility index (Phi) is 3.50. The highest BCUT2D eigenvalue weighted by Crippen LogP contribution is 2.24. The molecule has 0 saturated carbocycles. The van der Waals surface area contributed by atoms with Crippen LogP contribution >= 0.6 is 0 Å². The third-order valence-electron chi connectivity index (χ3n) is 3.86. The molecule has 2 rings (SSSR count). The van der Waals surface area contributed by atoms with Crippen LogP contribution in [-0.2, 0) is 4.79 Å². The molecule has 2 fully saturated rings. The van der Waals surface area contributed by atoms with Gasteiger partial charge in [-0.2, -0.15) is 0 Å². The highest BCUT2D eigenvalue weighted by Gasteiger charge is 2.35. The van der Waals surface area contributed by atoms with Crippen LogP contribution in [0.15, 0.2) is 0 Å². The fraction of sp³-hybridized carbons (Fsp3) is 0.917. The van der Waals surface area contributed by atoms with E-state index in [0.717, 1.165) is 13.1 Å². The Labute approximate surface area is 97.8 Å². The SMILES string of the molecule is CC1CN2CCCCC2CN1C(=O)[C@H](C)N. The Morgan fingerprint density at radius 2 is 2.12 bits per heavy atom. The van der Waals surface area contributed by atoms with Gasteiger partial charge in [-0.25, -0.2) is 0 Å². The molecule has 2 aliphatic rings. The monoisotopic (exact) mass is 225 g/mol. The smallest absolute Gasteiger partial charge is 0.239 e. The molecule has 2 N–H and O–H groups in total. The van der Waals surface area contributed by atoms with E-state index in [1.165, 1.54) is 25.8 Å². The predicted octanol–water partition coefficient (Wildman–Crippen LogP) is 0.419. The molecule has 0 aromatic carbocycles. The number of nitrogens with two attached hydrogens (primary N) is 1. The summed E-state index contributed by atoms with van der Waals surface area (Å²) < 4.78 is 0. The summed E-state index contributed by atoms with van der Waals surface area (Å²) in [5, 5.41) is 0. The summed E-state index contributed by atoms with van der Waals surface area (Å²) in [6.07, 6.45) is 3.84. The molecule has 0 aromatic rings. The zero-order chi connectivity index (χ0) is 11.7. The summed E-state index contributed by atoms with van der Waals surface area (Å²) in [4.78, 5) is 16.5. The number of carbonyl (C=O) groups is 1. The van der Waals surface area contributed by atoms with Crippen LogP contribution in [-0.4, -0.2) is 53.5 Å². The molecule has 16 heavy (non-hydrogen) atoms. The zero-order valence-corrected chi connectivity index (χ0v) is 10.4. The normalized spacial score (nSPS) is 33.3. The summed E-state index contributed by atoms with van der Waals surface area (Å²) in [6.45, 7) is 7.01. The molecule has 0 aromatic heterocycles. The van der Waals surface area contributed by atoms with Crippen LogP contribution in [0.5, 0.6) is 0 Å². The molecule has 4 nitrogen and oxygen atoms in total. The van der Waals surface area contributed by atoms with Gasteiger partial charge in [0.25, 0.3) is 0 Å². The maximum Gasteiger partial charge on any atom is 0.239 e. The molecule has 1 amide bonds. The van der Waals surface area contributed by atoms with Crippen molar-refractivity contribution >= 4 is 5.91 Å². The average Bonchev–Trinajstić information content (AvgIpc) is 2.27. The minimum Gasteiger partial charge on any atom is -0.336 e. The number of piperidine rings is 1. The van der Waals surface area contributed by atoms with Crippen molar-refractivity contribution in [2.75, 3.05) is 19.6 Å². The van der Waals surface area contributed by atoms with E-state index < -0.39 is 0 Å². The molecule has 0 bridgehead atoms. The number of fused-ring (bicyclic) bond motifs is 1. The van der Waals surface area contributed by atoms with Crippen molar-refractivity contribution in [3.8, 4) is 0 Å². The quantitative estimate of drug-likeness (QED) is 0.703. The van der Waals surface area contributed by atoms with Crippen LogP contribution in [0.4, 0.5) is 0 Å². The largest absolute Gasteiger partial charge is 0.336 e. The van der Waals surface area contributed by atoms with Gasteiger partial charge in [-0.3, -0.25) is 9.69 Å². The summed E-state index contributed by atoms with van der Waals surface area (Å²) in [5.41, 5.74) is 5.69. The number of rotatable bonds is 1. The Bertz CT molecular complexity index is 267. The summed E-state index contributed by atoms with van der Waals surface area (Å²) in [7, 11) is 0. The molecule has 0 spiro atoms. The number of hydrogen-bond donors (Lipinski definition) is 1. The van der Waals surface area contributed by atoms with E-state index in [1.54, 1.807) is 6.92 Å². The summed E-state index contributed by atoms with van der Waals surface area (Å²) in [6, 6.07) is 0.526. The standard InChI is InChI=1S/C12H23N3O/c1-9-7-14-6-4-3-5-11(14)8-15(9)12(16)10(2)13/h9-11H,3-8,13H2,1-2H3/t9?,10-,11?/m0/s1. The van der Waals surface area contributed by atoms with E-state index in [0.29, 0.717) is 12.1 Å². The number of amides is 1. The minimum atomic E-state index is -0.363. The lowest BCUT2D eigenvalue weighted by atomic mass is 9.97. The molecule has 0 aliphatic carbocycles. The van der Waals surface area contributed by atoms with Gasteiger partial charge in [0.1, 0.15) is 0 Å². The van der Waals surface area contributed by atoms with Crippen molar-refractivity contribution in [3.63, 3.8) is 0 Å². The lowest BCUT2D eigenvalue weighted by molar-refractivity contribution is -0.139. The van der Waals surface area contributed by atoms with Crippen LogP contribution in [0.25, 0.3) is 0 Å². The van der Waals surface area contributed by atoms with Crippen LogP contribution in [0.2, 0.25) is 0 Å². The van der Waals surface area contributed by atoms with Gasteiger partial charge in [0.15, 0.2) is 0 Å². The van der Waals surface area contributed by atoms with Crippen molar-refractivity contribution in [1.82, 2.24) is 9.80 Å². The Hall–Kier alpha value is -0.610. The van der Waals surface area contributed by atoms with Crippen molar-refractivity contribution < 1.29 is 4.79 Å². The number of hydrogen-bond acceptors (Lipinski definition) is 3. The second-order valence-electron chi connectivity index (χ2n) is 5.27. The third kappa shape index (κ3) is 2.23. The zero-order valence-electron chi connectivity index (χ0n) is 10.4. The molecule has 2 heterocycles. The highest BCUT2D eigenvalue weighted by molar-refractivity contribution is 5.81. The average molecular weight is 225 g/mol. The number of nitrogens with zero attached hydrogens (tertiary/aromatic N) is 2. The van der Waals surface area contributed by atoms with E-state index in [4.69, 9.17) is 5.73 Å². The molecule has 92 valence electrons. The van der Waals surface area contributed by atoms with E-state index in [-0.39, 0.29) is 11.9 Å². The van der Waals surface area contributed by atoms with Crippen molar-refractivity contribution in [3.05, 3.63) is 0 Å². The lowest BCUT2D eigenvalue weighted by Gasteiger charge is -2.47. The number of piperazine rings is 1. The third-order valence-corrected chi connectivity index (χ3v) is 3.86. The first-order valence-corrected chi connectivity index (χ1v) is 6.39. The van der Waals surface area contributed by atoms with Gasteiger partial charge < -0.3 is 10.6 Å². The van der Waals surface area contributed by atoms with Crippen molar-refractivity contribution in [2.24, 2.45) is 5.73 Å². The predicted molar refractivity (Wildman–Crippen MR) is 64.0 cm³/mol. The van der Waals surface area contributed by atoms with Gasteiger partial charge in [-0.15, -0.1) is 0 Å². The highest BCUT2D eigenvalue weighted by atomic mass is 16.2. The van der Waals surface area contributed by atoms with E-state index >= 15 is 0 Å². The Morgan fingerprint density at radius 1 is 1.38 bits per heavy atom. The van der Waals surface area contributed by atoms with Gasteiger partial charge >= 0.3 is 0 Å². The molecular formula is C12H23N3O. The molecule has 3 atom stereocenters. The topological polar surface area (TPSA) is 49.6 Å². The van der Waals surface area contributed by atoms with Gasteiger partial charge in [0.2, 0.25) is 5.91 Å². The van der Waals surface area contributed by atoms with Crippen molar-refractivity contribution in [2.45, 2.75) is 51.2 Å². The van der Waals surface area contributed by atoms with E-state index in [1.807, 2.05) is 4.90 Å². The molecule has 0 radical (unpaired) electrons. The van der Waals surface area contributed by atoms with Crippen LogP contribution in [0.3, 0.4) is 0 Å². The van der Waals surface area contributed by atoms with Gasteiger partial charge in [-0.05, 0) is 33.2 Å². The first-order chi connectivity index (χ1) is 7.59. The molecular weight excluding hydrogens is 202 g/mol. The second-order valence-corrected chi connectivity index (χ2v) is 5.27. The van der Waals surface area contributed by atoms with Crippen LogP contribution < -0.4 is 5.73 Å². The Balaban J connectivity index is 2.03. The number of carbonyl (C=O) groups excluding carboxylic acids is 1. The maximum absolute atomic E-state index is 12.0. The van der Waals surface area contributed by atoms with Gasteiger partial charge in [-0.1, -0.05) is 6.42 Å². The summed E-state index contributed by atoms with van der Waals surface area (Å²) >= 11 is 0. The summed E-state index contributed by atoms with van der Waals surface area (Å²) in [5.74, 6) is 0.109. The van der Waals surface area contributed by atoms with Gasteiger partial charge in [0, 0.05) is 25.2 Å². The second kappa shape index (κ2) is 4.72. The van der Waals surface area contributed by atoms with Crippen molar-refractivity contribution in [1.29, 1.82) is 0 Å². The Morgan fingerprint density at radius 3 is 2.81 bits per heavy atom. The van der Waals surface area contributed by atoms with Gasteiger partial charge in [0.05, 0.1) is 6.04 Å². The minimum absolute atomic E-state index is 0.109. The lowest BCUT2D eigenvalue weighted by Crippen LogP contribution is -2.62. The molecule has 2 unspecified atom stereocenters. The fourth-order valence-corrected chi connectivity index (χ4v) is 2.92. The maximum atomic E-state index is 12.0. The van der Waals surface area contributed by atoms with Crippen LogP contribution in [0.1, 0.15) is 33.1 Å². The van der Waals surface area contributed by atoms with Crippen LogP contribution in [0, 0.1) is 0 Å². The molecule has 4 heteroatoms. The molecule has 2 aliphatic heterocycles.